The summed E-state index contributed by atoms with van der Waals surface area (Å²) in [6.45, 7) is 9.84. The number of rotatable bonds is 7. The smallest absolute Gasteiger partial charge is 0.185 e. The second-order valence-corrected chi connectivity index (χ2v) is 6.02. The Hall–Kier alpha value is -0.650. The number of aromatic nitrogens is 1. The molecule has 4 nitrogen and oxygen atoms in total. The van der Waals surface area contributed by atoms with Gasteiger partial charge in [-0.3, -0.25) is 0 Å². The van der Waals surface area contributed by atoms with E-state index in [0.717, 1.165) is 22.2 Å². The first-order valence-electron chi connectivity index (χ1n) is 6.38. The summed E-state index contributed by atoms with van der Waals surface area (Å²) in [4.78, 5) is 7.66. The Labute approximate surface area is 114 Å². The van der Waals surface area contributed by atoms with Crippen LogP contribution in [0.3, 0.4) is 0 Å². The van der Waals surface area contributed by atoms with Crippen LogP contribution in [-0.2, 0) is 11.3 Å². The zero-order chi connectivity index (χ0) is 13.7. The van der Waals surface area contributed by atoms with E-state index in [1.54, 1.807) is 11.3 Å². The van der Waals surface area contributed by atoms with E-state index in [1.165, 1.54) is 0 Å². The SMILES string of the molecule is CC(C)OCCN(C)c1nc(C(C)C)c(CO)s1. The van der Waals surface area contributed by atoms with Crippen LogP contribution in [0.4, 0.5) is 5.13 Å². The molecule has 18 heavy (non-hydrogen) atoms. The topological polar surface area (TPSA) is 45.6 Å². The van der Waals surface area contributed by atoms with Crippen LogP contribution in [0.1, 0.15) is 44.2 Å². The molecule has 0 radical (unpaired) electrons. The van der Waals surface area contributed by atoms with Crippen LogP contribution in [0.15, 0.2) is 0 Å². The Morgan fingerprint density at radius 3 is 2.44 bits per heavy atom. The van der Waals surface area contributed by atoms with Crippen molar-refractivity contribution in [2.75, 3.05) is 25.1 Å². The summed E-state index contributed by atoms with van der Waals surface area (Å²) in [7, 11) is 2.01. The molecule has 1 heterocycles. The van der Waals surface area contributed by atoms with Gasteiger partial charge in [-0.25, -0.2) is 4.98 Å². The lowest BCUT2D eigenvalue weighted by Crippen LogP contribution is -2.23. The molecule has 1 N–H and O–H groups in total. The number of anilines is 1. The predicted octanol–water partition coefficient (Wildman–Crippen LogP) is 2.62. The standard InChI is InChI=1S/C13H24N2O2S/c1-9(2)12-11(8-16)18-13(14-12)15(5)6-7-17-10(3)4/h9-10,16H,6-8H2,1-5H3. The van der Waals surface area contributed by atoms with Crippen molar-refractivity contribution in [1.82, 2.24) is 4.98 Å². The van der Waals surface area contributed by atoms with Crippen LogP contribution in [0.5, 0.6) is 0 Å². The molecule has 0 aromatic carbocycles. The molecule has 1 aromatic heterocycles. The van der Waals surface area contributed by atoms with Gasteiger partial charge in [0, 0.05) is 13.6 Å². The van der Waals surface area contributed by atoms with E-state index < -0.39 is 0 Å². The quantitative estimate of drug-likeness (QED) is 0.829. The highest BCUT2D eigenvalue weighted by Crippen LogP contribution is 2.30. The van der Waals surface area contributed by atoms with Crippen LogP contribution in [0.25, 0.3) is 0 Å². The normalized spacial score (nSPS) is 11.6. The lowest BCUT2D eigenvalue weighted by molar-refractivity contribution is 0.0846. The van der Waals surface area contributed by atoms with Crippen LogP contribution in [-0.4, -0.2) is 36.4 Å². The molecule has 0 unspecified atom stereocenters. The Morgan fingerprint density at radius 2 is 2.00 bits per heavy atom. The first kappa shape index (κ1) is 15.4. The highest BCUT2D eigenvalue weighted by Gasteiger charge is 2.15. The summed E-state index contributed by atoms with van der Waals surface area (Å²) >= 11 is 1.56. The number of hydrogen-bond acceptors (Lipinski definition) is 5. The monoisotopic (exact) mass is 272 g/mol. The van der Waals surface area contributed by atoms with Crippen LogP contribution in [0, 0.1) is 0 Å². The molecule has 0 aliphatic carbocycles. The number of hydrogen-bond donors (Lipinski definition) is 1. The fourth-order valence-corrected chi connectivity index (χ4v) is 2.66. The maximum atomic E-state index is 9.34. The predicted molar refractivity (Wildman–Crippen MR) is 76.5 cm³/mol. The van der Waals surface area contributed by atoms with Crippen molar-refractivity contribution in [2.45, 2.75) is 46.3 Å². The van der Waals surface area contributed by atoms with Gasteiger partial charge in [-0.1, -0.05) is 25.2 Å². The van der Waals surface area contributed by atoms with E-state index in [1.807, 2.05) is 20.9 Å². The lowest BCUT2D eigenvalue weighted by atomic mass is 10.1. The molecule has 0 spiro atoms. The first-order chi connectivity index (χ1) is 8.45. The van der Waals surface area contributed by atoms with Crippen molar-refractivity contribution >= 4 is 16.5 Å². The van der Waals surface area contributed by atoms with E-state index >= 15 is 0 Å². The van der Waals surface area contributed by atoms with E-state index in [9.17, 15) is 5.11 Å². The number of aliphatic hydroxyl groups is 1. The van der Waals surface area contributed by atoms with E-state index in [2.05, 4.69) is 23.7 Å². The van der Waals surface area contributed by atoms with Crippen molar-refractivity contribution in [2.24, 2.45) is 0 Å². The summed E-state index contributed by atoms with van der Waals surface area (Å²) < 4.78 is 5.53. The molecule has 0 aliphatic heterocycles. The third-order valence-electron chi connectivity index (χ3n) is 2.61. The third kappa shape index (κ3) is 4.23. The van der Waals surface area contributed by atoms with E-state index in [0.29, 0.717) is 12.5 Å². The molecule has 0 saturated heterocycles. The maximum Gasteiger partial charge on any atom is 0.185 e. The minimum atomic E-state index is 0.0709. The molecule has 104 valence electrons. The number of ether oxygens (including phenoxy) is 1. The molecule has 0 saturated carbocycles. The van der Waals surface area contributed by atoms with E-state index in [-0.39, 0.29) is 12.7 Å². The summed E-state index contributed by atoms with van der Waals surface area (Å²) in [5, 5.41) is 10.3. The Bertz CT molecular complexity index is 364. The molecular weight excluding hydrogens is 248 g/mol. The van der Waals surface area contributed by atoms with Gasteiger partial charge in [-0.2, -0.15) is 0 Å². The van der Waals surface area contributed by atoms with Crippen LogP contribution >= 0.6 is 11.3 Å². The van der Waals surface area contributed by atoms with Crippen LogP contribution < -0.4 is 4.90 Å². The zero-order valence-corrected chi connectivity index (χ0v) is 12.8. The fraction of sp³-hybridized carbons (Fsp3) is 0.769. The molecule has 5 heteroatoms. The van der Waals surface area contributed by atoms with Gasteiger partial charge in [-0.05, 0) is 19.8 Å². The van der Waals surface area contributed by atoms with Crippen molar-refractivity contribution in [3.63, 3.8) is 0 Å². The van der Waals surface area contributed by atoms with Crippen LogP contribution in [0.2, 0.25) is 0 Å². The molecule has 0 bridgehead atoms. The average Bonchev–Trinajstić information content (AvgIpc) is 2.72. The third-order valence-corrected chi connectivity index (χ3v) is 3.78. The summed E-state index contributed by atoms with van der Waals surface area (Å²) in [5.74, 6) is 0.345. The molecule has 0 fully saturated rings. The maximum absolute atomic E-state index is 9.34. The Kier molecular flexibility index (Phi) is 6.05. The van der Waals surface area contributed by atoms with Gasteiger partial charge in [0.25, 0.3) is 0 Å². The van der Waals surface area contributed by atoms with Crippen molar-refractivity contribution in [3.8, 4) is 0 Å². The summed E-state index contributed by atoms with van der Waals surface area (Å²) in [6, 6.07) is 0. The van der Waals surface area contributed by atoms with Gasteiger partial charge in [0.1, 0.15) is 0 Å². The second kappa shape index (κ2) is 7.07. The highest BCUT2D eigenvalue weighted by molar-refractivity contribution is 7.15. The zero-order valence-electron chi connectivity index (χ0n) is 11.9. The number of thiazole rings is 1. The van der Waals surface area contributed by atoms with Crippen molar-refractivity contribution in [1.29, 1.82) is 0 Å². The first-order valence-corrected chi connectivity index (χ1v) is 7.20. The lowest BCUT2D eigenvalue weighted by Gasteiger charge is -2.16. The van der Waals surface area contributed by atoms with Gasteiger partial charge >= 0.3 is 0 Å². The van der Waals surface area contributed by atoms with Crippen molar-refractivity contribution in [3.05, 3.63) is 10.6 Å². The van der Waals surface area contributed by atoms with Crippen molar-refractivity contribution < 1.29 is 9.84 Å². The highest BCUT2D eigenvalue weighted by atomic mass is 32.1. The Morgan fingerprint density at radius 1 is 1.33 bits per heavy atom. The van der Waals surface area contributed by atoms with Gasteiger partial charge in [0.2, 0.25) is 0 Å². The average molecular weight is 272 g/mol. The van der Waals surface area contributed by atoms with E-state index in [4.69, 9.17) is 4.74 Å². The minimum Gasteiger partial charge on any atom is -0.391 e. The molecule has 0 atom stereocenters. The van der Waals surface area contributed by atoms with Gasteiger partial charge in [0.15, 0.2) is 5.13 Å². The fourth-order valence-electron chi connectivity index (χ4n) is 1.60. The molecule has 1 rings (SSSR count). The molecule has 0 amide bonds. The molecule has 0 aliphatic rings. The number of likely N-dealkylation sites (N-methyl/N-ethyl adjacent to an activating group) is 1. The molecule has 1 aromatic rings. The minimum absolute atomic E-state index is 0.0709. The Balaban J connectivity index is 2.65. The largest absolute Gasteiger partial charge is 0.391 e. The van der Waals surface area contributed by atoms with Gasteiger partial charge < -0.3 is 14.7 Å². The number of nitrogens with zero attached hydrogens (tertiary/aromatic N) is 2. The summed E-state index contributed by atoms with van der Waals surface area (Å²) in [5.41, 5.74) is 1.01. The molecular formula is C13H24N2O2S. The summed E-state index contributed by atoms with van der Waals surface area (Å²) in [6.07, 6.45) is 0.258. The van der Waals surface area contributed by atoms with Gasteiger partial charge in [-0.15, -0.1) is 0 Å². The number of aliphatic hydroxyl groups excluding tert-OH is 1. The second-order valence-electron chi connectivity index (χ2n) is 4.96. The van der Waals surface area contributed by atoms with Gasteiger partial charge in [0.05, 0.1) is 29.9 Å².